The van der Waals surface area contributed by atoms with Crippen LogP contribution in [0.5, 0.6) is 0 Å². The summed E-state index contributed by atoms with van der Waals surface area (Å²) in [6.07, 6.45) is 2.26. The molecule has 0 saturated heterocycles. The van der Waals surface area contributed by atoms with Crippen molar-refractivity contribution in [3.05, 3.63) is 48.3 Å². The topological polar surface area (TPSA) is 34.1 Å². The number of benzene rings is 1. The fourth-order valence-electron chi connectivity index (χ4n) is 2.27. The highest BCUT2D eigenvalue weighted by atomic mass is 35.7. The fourth-order valence-corrected chi connectivity index (χ4v) is 4.13. The maximum absolute atomic E-state index is 13.1. The van der Waals surface area contributed by atoms with Crippen LogP contribution >= 0.6 is 10.7 Å². The van der Waals surface area contributed by atoms with Crippen LogP contribution in [-0.2, 0) is 9.05 Å². The summed E-state index contributed by atoms with van der Waals surface area (Å²) in [5.74, 6) is -0.604. The number of rotatable bonds is 4. The van der Waals surface area contributed by atoms with Gasteiger partial charge in [-0.25, -0.2) is 12.8 Å². The monoisotopic (exact) mass is 274 g/mol. The smallest absolute Gasteiger partial charge is 0.212 e. The van der Waals surface area contributed by atoms with Crippen molar-refractivity contribution in [3.8, 4) is 0 Å². The molecular formula is C12H12ClFO2S. The number of allylic oxidation sites excluding steroid dienone is 1. The first-order chi connectivity index (χ1) is 7.90. The van der Waals surface area contributed by atoms with Crippen LogP contribution < -0.4 is 0 Å². The van der Waals surface area contributed by atoms with Crippen LogP contribution in [0.15, 0.2) is 36.9 Å². The van der Waals surface area contributed by atoms with Gasteiger partial charge in [-0.1, -0.05) is 18.2 Å². The minimum absolute atomic E-state index is 0.237. The highest BCUT2D eigenvalue weighted by Crippen LogP contribution is 2.60. The van der Waals surface area contributed by atoms with Gasteiger partial charge in [-0.2, -0.15) is 0 Å². The van der Waals surface area contributed by atoms with Gasteiger partial charge < -0.3 is 0 Å². The summed E-state index contributed by atoms with van der Waals surface area (Å²) in [4.78, 5) is 0. The Balaban J connectivity index is 2.36. The average molecular weight is 275 g/mol. The molecule has 1 aromatic rings. The molecule has 17 heavy (non-hydrogen) atoms. The van der Waals surface area contributed by atoms with Gasteiger partial charge in [0.15, 0.2) is 0 Å². The summed E-state index contributed by atoms with van der Waals surface area (Å²) in [6.45, 7) is 3.55. The third kappa shape index (κ3) is 2.11. The summed E-state index contributed by atoms with van der Waals surface area (Å²) in [6, 6.07) is 5.98. The summed E-state index contributed by atoms with van der Waals surface area (Å²) < 4.78 is 35.3. The van der Waals surface area contributed by atoms with Crippen molar-refractivity contribution in [1.82, 2.24) is 0 Å². The van der Waals surface area contributed by atoms with Crippen LogP contribution in [0.1, 0.15) is 24.3 Å². The molecule has 2 unspecified atom stereocenters. The summed E-state index contributed by atoms with van der Waals surface area (Å²) in [5.41, 5.74) is 0.677. The lowest BCUT2D eigenvalue weighted by Gasteiger charge is -2.11. The largest absolute Gasteiger partial charge is 0.239 e. The molecule has 1 fully saturated rings. The van der Waals surface area contributed by atoms with Crippen molar-refractivity contribution in [2.45, 2.75) is 23.5 Å². The normalized spacial score (nSPS) is 27.8. The Hall–Kier alpha value is -0.870. The van der Waals surface area contributed by atoms with E-state index in [0.717, 1.165) is 0 Å². The third-order valence-corrected chi connectivity index (χ3v) is 5.76. The average Bonchev–Trinajstić information content (AvgIpc) is 2.94. The summed E-state index contributed by atoms with van der Waals surface area (Å²) >= 11 is 0. The molecule has 0 spiro atoms. The molecule has 0 N–H and O–H groups in total. The molecule has 0 radical (unpaired) electrons. The standard InChI is InChI=1S/C12H12ClFO2S/c1-2-6-12(17(13,15)16)8-11(12)9-4-3-5-10(14)7-9/h2-5,7,11H,1,6,8H2. The van der Waals surface area contributed by atoms with Crippen molar-refractivity contribution >= 4 is 19.7 Å². The molecule has 2 rings (SSSR count). The van der Waals surface area contributed by atoms with Gasteiger partial charge in [-0.3, -0.25) is 0 Å². The van der Waals surface area contributed by atoms with E-state index >= 15 is 0 Å². The Bertz CT molecular complexity index is 555. The van der Waals surface area contributed by atoms with Gasteiger partial charge in [-0.15, -0.1) is 6.58 Å². The Labute approximate surface area is 105 Å². The molecule has 1 aromatic carbocycles. The molecule has 2 nitrogen and oxygen atoms in total. The van der Waals surface area contributed by atoms with E-state index < -0.39 is 13.8 Å². The highest BCUT2D eigenvalue weighted by molar-refractivity contribution is 8.15. The van der Waals surface area contributed by atoms with Gasteiger partial charge in [0, 0.05) is 16.6 Å². The van der Waals surface area contributed by atoms with Gasteiger partial charge in [0.25, 0.3) is 0 Å². The highest BCUT2D eigenvalue weighted by Gasteiger charge is 2.62. The molecule has 0 aliphatic heterocycles. The predicted octanol–water partition coefficient (Wildman–Crippen LogP) is 3.20. The van der Waals surface area contributed by atoms with Gasteiger partial charge >= 0.3 is 0 Å². The maximum atomic E-state index is 13.1. The van der Waals surface area contributed by atoms with E-state index in [1.54, 1.807) is 18.2 Å². The molecule has 1 aliphatic carbocycles. The molecule has 0 amide bonds. The predicted molar refractivity (Wildman–Crippen MR) is 66.1 cm³/mol. The van der Waals surface area contributed by atoms with Gasteiger partial charge in [0.2, 0.25) is 9.05 Å². The molecule has 92 valence electrons. The molecule has 5 heteroatoms. The first-order valence-corrected chi connectivity index (χ1v) is 7.52. The fraction of sp³-hybridized carbons (Fsp3) is 0.333. The molecule has 0 aromatic heterocycles. The number of hydrogen-bond acceptors (Lipinski definition) is 2. The Kier molecular flexibility index (Phi) is 3.04. The van der Waals surface area contributed by atoms with Crippen LogP contribution in [0.25, 0.3) is 0 Å². The maximum Gasteiger partial charge on any atom is 0.239 e. The molecule has 0 heterocycles. The van der Waals surface area contributed by atoms with Crippen molar-refractivity contribution in [3.63, 3.8) is 0 Å². The van der Waals surface area contributed by atoms with Crippen molar-refractivity contribution in [1.29, 1.82) is 0 Å². The minimum Gasteiger partial charge on any atom is -0.212 e. The zero-order chi connectivity index (χ0) is 12.7. The van der Waals surface area contributed by atoms with E-state index in [-0.39, 0.29) is 11.7 Å². The van der Waals surface area contributed by atoms with E-state index in [0.29, 0.717) is 18.4 Å². The Morgan fingerprint density at radius 1 is 1.59 bits per heavy atom. The Morgan fingerprint density at radius 2 is 2.29 bits per heavy atom. The Morgan fingerprint density at radius 3 is 2.82 bits per heavy atom. The minimum atomic E-state index is -3.69. The van der Waals surface area contributed by atoms with Gasteiger partial charge in [0.05, 0.1) is 4.75 Å². The second-order valence-electron chi connectivity index (χ2n) is 4.31. The summed E-state index contributed by atoms with van der Waals surface area (Å²) in [7, 11) is 1.80. The van der Waals surface area contributed by atoms with E-state index in [2.05, 4.69) is 6.58 Å². The molecule has 0 bridgehead atoms. The molecule has 2 atom stereocenters. The third-order valence-electron chi connectivity index (χ3n) is 3.25. The zero-order valence-electron chi connectivity index (χ0n) is 9.07. The van der Waals surface area contributed by atoms with Crippen LogP contribution in [0.2, 0.25) is 0 Å². The SMILES string of the molecule is C=CCC1(S(=O)(=O)Cl)CC1c1cccc(F)c1. The second kappa shape index (κ2) is 4.10. The lowest BCUT2D eigenvalue weighted by atomic mass is 10.1. The second-order valence-corrected chi connectivity index (χ2v) is 7.21. The summed E-state index contributed by atoms with van der Waals surface area (Å²) in [5, 5.41) is 0. The van der Waals surface area contributed by atoms with Gasteiger partial charge in [-0.05, 0) is 30.5 Å². The van der Waals surface area contributed by atoms with Gasteiger partial charge in [0.1, 0.15) is 5.82 Å². The van der Waals surface area contributed by atoms with Crippen LogP contribution in [0, 0.1) is 5.82 Å². The van der Waals surface area contributed by atoms with Crippen LogP contribution in [0.4, 0.5) is 4.39 Å². The first kappa shape index (κ1) is 12.6. The van der Waals surface area contributed by atoms with Crippen LogP contribution in [-0.4, -0.2) is 13.2 Å². The molecular weight excluding hydrogens is 263 g/mol. The lowest BCUT2D eigenvalue weighted by Crippen LogP contribution is -2.19. The number of halogens is 2. The number of hydrogen-bond donors (Lipinski definition) is 0. The quantitative estimate of drug-likeness (QED) is 0.624. The molecule has 1 aliphatic rings. The lowest BCUT2D eigenvalue weighted by molar-refractivity contribution is 0.588. The van der Waals surface area contributed by atoms with Crippen LogP contribution in [0.3, 0.4) is 0 Å². The van der Waals surface area contributed by atoms with E-state index in [9.17, 15) is 12.8 Å². The van der Waals surface area contributed by atoms with E-state index in [1.807, 2.05) is 0 Å². The zero-order valence-corrected chi connectivity index (χ0v) is 10.6. The van der Waals surface area contributed by atoms with Crippen molar-refractivity contribution < 1.29 is 12.8 Å². The van der Waals surface area contributed by atoms with Crippen molar-refractivity contribution in [2.75, 3.05) is 0 Å². The van der Waals surface area contributed by atoms with E-state index in [4.69, 9.17) is 10.7 Å². The first-order valence-electron chi connectivity index (χ1n) is 5.21. The van der Waals surface area contributed by atoms with E-state index in [1.165, 1.54) is 12.1 Å². The molecule has 1 saturated carbocycles. The van der Waals surface area contributed by atoms with Crippen molar-refractivity contribution in [2.24, 2.45) is 0 Å².